The van der Waals surface area contributed by atoms with E-state index in [1.807, 2.05) is 0 Å². The molecule has 1 heterocycles. The van der Waals surface area contributed by atoms with Gasteiger partial charge in [0.1, 0.15) is 9.77 Å². The van der Waals surface area contributed by atoms with Crippen LogP contribution < -0.4 is 0 Å². The molecular formula is C11H11NO4S2. The second-order valence-electron chi connectivity index (χ2n) is 3.85. The molecule has 0 aliphatic carbocycles. The first-order valence-corrected chi connectivity index (χ1v) is 7.28. The molecule has 0 aliphatic heterocycles. The highest BCUT2D eigenvalue weighted by Crippen LogP contribution is 2.35. The highest BCUT2D eigenvalue weighted by Gasteiger charge is 2.29. The molecule has 7 heteroatoms. The number of fused-ring (bicyclic) bond motifs is 1. The van der Waals surface area contributed by atoms with E-state index in [1.54, 1.807) is 24.3 Å². The van der Waals surface area contributed by atoms with Crippen molar-refractivity contribution in [2.45, 2.75) is 4.90 Å². The van der Waals surface area contributed by atoms with E-state index in [0.29, 0.717) is 10.1 Å². The average Bonchev–Trinajstić information content (AvgIpc) is 2.68. The van der Waals surface area contributed by atoms with Gasteiger partial charge < -0.3 is 5.11 Å². The van der Waals surface area contributed by atoms with E-state index < -0.39 is 16.0 Å². The van der Waals surface area contributed by atoms with E-state index in [1.165, 1.54) is 14.1 Å². The van der Waals surface area contributed by atoms with E-state index in [2.05, 4.69) is 0 Å². The minimum atomic E-state index is -3.77. The number of hydrogen-bond donors (Lipinski definition) is 1. The second-order valence-corrected chi connectivity index (χ2v) is 6.99. The van der Waals surface area contributed by atoms with Crippen molar-refractivity contribution < 1.29 is 18.3 Å². The van der Waals surface area contributed by atoms with Gasteiger partial charge in [0.05, 0.1) is 0 Å². The normalized spacial score (nSPS) is 12.2. The topological polar surface area (TPSA) is 74.7 Å². The maximum Gasteiger partial charge on any atom is 0.347 e. The molecule has 0 radical (unpaired) electrons. The Balaban J connectivity index is 2.91. The number of benzene rings is 1. The zero-order valence-electron chi connectivity index (χ0n) is 9.75. The number of carboxylic acids is 1. The van der Waals surface area contributed by atoms with Gasteiger partial charge in [0.15, 0.2) is 0 Å². The Morgan fingerprint density at radius 2 is 1.89 bits per heavy atom. The quantitative estimate of drug-likeness (QED) is 0.934. The van der Waals surface area contributed by atoms with Crippen LogP contribution in [0.15, 0.2) is 29.2 Å². The molecule has 0 fully saturated rings. The Labute approximate surface area is 108 Å². The summed E-state index contributed by atoms with van der Waals surface area (Å²) in [5.74, 6) is -1.23. The fourth-order valence-corrected chi connectivity index (χ4v) is 4.19. The van der Waals surface area contributed by atoms with Crippen molar-refractivity contribution in [1.29, 1.82) is 0 Å². The van der Waals surface area contributed by atoms with Gasteiger partial charge in [0.25, 0.3) is 0 Å². The summed E-state index contributed by atoms with van der Waals surface area (Å²) in [7, 11) is -1.01. The number of hydrogen-bond acceptors (Lipinski definition) is 4. The van der Waals surface area contributed by atoms with Crippen LogP contribution in [0.5, 0.6) is 0 Å². The number of carbonyl (C=O) groups is 1. The van der Waals surface area contributed by atoms with Crippen LogP contribution in [0.25, 0.3) is 10.1 Å². The molecule has 96 valence electrons. The van der Waals surface area contributed by atoms with Gasteiger partial charge >= 0.3 is 5.97 Å². The molecule has 0 unspecified atom stereocenters. The second kappa shape index (κ2) is 4.34. The fourth-order valence-electron chi connectivity index (χ4n) is 1.60. The van der Waals surface area contributed by atoms with E-state index in [9.17, 15) is 13.2 Å². The highest BCUT2D eigenvalue weighted by molar-refractivity contribution is 7.89. The van der Waals surface area contributed by atoms with E-state index in [0.717, 1.165) is 15.6 Å². The van der Waals surface area contributed by atoms with Crippen LogP contribution in [0.2, 0.25) is 0 Å². The largest absolute Gasteiger partial charge is 0.477 e. The number of aromatic carboxylic acids is 1. The Morgan fingerprint density at radius 1 is 1.28 bits per heavy atom. The summed E-state index contributed by atoms with van der Waals surface area (Å²) >= 11 is 0.971. The van der Waals surface area contributed by atoms with Crippen LogP contribution in [0, 0.1) is 0 Å². The van der Waals surface area contributed by atoms with E-state index in [-0.39, 0.29) is 9.77 Å². The van der Waals surface area contributed by atoms with Gasteiger partial charge in [-0.2, -0.15) is 0 Å². The number of carboxylic acid groups (broad SMARTS) is 1. The van der Waals surface area contributed by atoms with Crippen molar-refractivity contribution in [3.63, 3.8) is 0 Å². The van der Waals surface area contributed by atoms with E-state index >= 15 is 0 Å². The molecule has 0 spiro atoms. The monoisotopic (exact) mass is 285 g/mol. The smallest absolute Gasteiger partial charge is 0.347 e. The SMILES string of the molecule is CN(C)S(=O)(=O)c1c(C(=O)O)sc2ccccc12. The summed E-state index contributed by atoms with van der Waals surface area (Å²) < 4.78 is 26.1. The van der Waals surface area contributed by atoms with Crippen LogP contribution in [0.3, 0.4) is 0 Å². The first kappa shape index (κ1) is 13.0. The number of thiophene rings is 1. The number of sulfonamides is 1. The van der Waals surface area contributed by atoms with Gasteiger partial charge in [-0.1, -0.05) is 18.2 Å². The van der Waals surface area contributed by atoms with Crippen LogP contribution in [-0.2, 0) is 10.0 Å². The van der Waals surface area contributed by atoms with Gasteiger partial charge in [-0.05, 0) is 6.07 Å². The minimum Gasteiger partial charge on any atom is -0.477 e. The van der Waals surface area contributed by atoms with Gasteiger partial charge in [0, 0.05) is 24.2 Å². The maximum atomic E-state index is 12.2. The van der Waals surface area contributed by atoms with Crippen molar-refractivity contribution in [1.82, 2.24) is 4.31 Å². The van der Waals surface area contributed by atoms with Crippen LogP contribution >= 0.6 is 11.3 Å². The fraction of sp³-hybridized carbons (Fsp3) is 0.182. The summed E-state index contributed by atoms with van der Waals surface area (Å²) in [4.78, 5) is 10.9. The van der Waals surface area contributed by atoms with Crippen molar-refractivity contribution in [2.75, 3.05) is 14.1 Å². The Morgan fingerprint density at radius 3 is 2.44 bits per heavy atom. The van der Waals surface area contributed by atoms with Crippen LogP contribution in [0.4, 0.5) is 0 Å². The molecule has 5 nitrogen and oxygen atoms in total. The third-order valence-corrected chi connectivity index (χ3v) is 5.67. The molecule has 0 saturated heterocycles. The predicted molar refractivity (Wildman–Crippen MR) is 69.7 cm³/mol. The lowest BCUT2D eigenvalue weighted by molar-refractivity contribution is 0.0698. The first-order chi connectivity index (χ1) is 8.35. The van der Waals surface area contributed by atoms with Crippen LogP contribution in [-0.4, -0.2) is 37.9 Å². The summed E-state index contributed by atoms with van der Waals surface area (Å²) in [6.45, 7) is 0. The molecule has 1 aromatic carbocycles. The molecule has 1 aromatic heterocycles. The summed E-state index contributed by atoms with van der Waals surface area (Å²) in [6.07, 6.45) is 0. The van der Waals surface area contributed by atoms with Crippen molar-refractivity contribution in [3.05, 3.63) is 29.1 Å². The lowest BCUT2D eigenvalue weighted by Gasteiger charge is -2.11. The Hall–Kier alpha value is -1.44. The number of nitrogens with zero attached hydrogens (tertiary/aromatic N) is 1. The summed E-state index contributed by atoms with van der Waals surface area (Å²) in [5, 5.41) is 9.59. The molecule has 18 heavy (non-hydrogen) atoms. The molecular weight excluding hydrogens is 274 g/mol. The molecule has 0 saturated carbocycles. The van der Waals surface area contributed by atoms with Gasteiger partial charge in [-0.15, -0.1) is 11.3 Å². The molecule has 0 atom stereocenters. The van der Waals surface area contributed by atoms with Crippen molar-refractivity contribution >= 4 is 37.4 Å². The maximum absolute atomic E-state index is 12.2. The zero-order valence-corrected chi connectivity index (χ0v) is 11.4. The van der Waals surface area contributed by atoms with Crippen LogP contribution in [0.1, 0.15) is 9.67 Å². The van der Waals surface area contributed by atoms with Crippen molar-refractivity contribution in [3.8, 4) is 0 Å². The molecule has 0 bridgehead atoms. The predicted octanol–water partition coefficient (Wildman–Crippen LogP) is 1.85. The molecule has 2 rings (SSSR count). The third-order valence-electron chi connectivity index (χ3n) is 2.48. The lowest BCUT2D eigenvalue weighted by Crippen LogP contribution is -2.23. The molecule has 2 aromatic rings. The van der Waals surface area contributed by atoms with E-state index in [4.69, 9.17) is 5.11 Å². The minimum absolute atomic E-state index is 0.124. The summed E-state index contributed by atoms with van der Waals surface area (Å²) in [5.41, 5.74) is 0. The Kier molecular flexibility index (Phi) is 3.14. The van der Waals surface area contributed by atoms with Gasteiger partial charge in [0.2, 0.25) is 10.0 Å². The molecule has 0 aliphatic rings. The number of rotatable bonds is 3. The standard InChI is InChI=1S/C11H11NO4S2/c1-12(2)18(15,16)10-7-5-3-4-6-8(7)17-9(10)11(13)14/h3-6H,1-2H3,(H,13,14). The molecule has 0 amide bonds. The van der Waals surface area contributed by atoms with Gasteiger partial charge in [-0.3, -0.25) is 0 Å². The average molecular weight is 285 g/mol. The highest BCUT2D eigenvalue weighted by atomic mass is 32.2. The van der Waals surface area contributed by atoms with Gasteiger partial charge in [-0.25, -0.2) is 17.5 Å². The Bertz CT molecular complexity index is 716. The first-order valence-electron chi connectivity index (χ1n) is 5.03. The lowest BCUT2D eigenvalue weighted by atomic mass is 10.2. The van der Waals surface area contributed by atoms with Crippen molar-refractivity contribution in [2.24, 2.45) is 0 Å². The molecule has 1 N–H and O–H groups in total. The summed E-state index contributed by atoms with van der Waals surface area (Å²) in [6, 6.07) is 6.77. The zero-order chi connectivity index (χ0) is 13.5. The third kappa shape index (κ3) is 1.90.